The molecule has 1 aromatic heterocycles. The molecule has 0 fully saturated rings. The molecule has 2 heterocycles. The number of carbonyl (C=O) groups is 2. The monoisotopic (exact) mass is 299 g/mol. The molecule has 0 bridgehead atoms. The van der Waals surface area contributed by atoms with E-state index < -0.39 is 0 Å². The number of urea groups is 1. The number of amides is 3. The van der Waals surface area contributed by atoms with Crippen LogP contribution in [0.3, 0.4) is 0 Å². The number of furan rings is 1. The molecule has 0 aliphatic carbocycles. The molecule has 6 heteroatoms. The Bertz CT molecular complexity index is 695. The number of hydrogen-bond acceptors (Lipinski definition) is 3. The van der Waals surface area contributed by atoms with Gasteiger partial charge in [0.25, 0.3) is 0 Å². The lowest BCUT2D eigenvalue weighted by Crippen LogP contribution is -2.36. The lowest BCUT2D eigenvalue weighted by Gasteiger charge is -2.15. The maximum Gasteiger partial charge on any atom is 0.315 e. The summed E-state index contributed by atoms with van der Waals surface area (Å²) in [5, 5.41) is 8.39. The van der Waals surface area contributed by atoms with E-state index in [2.05, 4.69) is 16.0 Å². The molecule has 3 rings (SSSR count). The summed E-state index contributed by atoms with van der Waals surface area (Å²) in [7, 11) is 0. The third-order valence-corrected chi connectivity index (χ3v) is 3.61. The molecule has 2 aromatic rings. The Hall–Kier alpha value is -2.76. The Balaban J connectivity index is 1.57. The Kier molecular flexibility index (Phi) is 3.82. The van der Waals surface area contributed by atoms with Crippen LogP contribution in [0.15, 0.2) is 41.0 Å². The number of hydrogen-bond donors (Lipinski definition) is 3. The maximum absolute atomic E-state index is 11.9. The molecule has 114 valence electrons. The van der Waals surface area contributed by atoms with E-state index >= 15 is 0 Å². The summed E-state index contributed by atoms with van der Waals surface area (Å²) in [6, 6.07) is 8.88. The van der Waals surface area contributed by atoms with Crippen LogP contribution in [0.1, 0.15) is 29.9 Å². The number of anilines is 1. The normalized spacial score (nSPS) is 14.1. The average Bonchev–Trinajstić information content (AvgIpc) is 3.12. The zero-order chi connectivity index (χ0) is 15.5. The van der Waals surface area contributed by atoms with Gasteiger partial charge in [-0.15, -0.1) is 0 Å². The van der Waals surface area contributed by atoms with Gasteiger partial charge in [0.1, 0.15) is 5.76 Å². The highest BCUT2D eigenvalue weighted by Crippen LogP contribution is 2.26. The molecule has 0 saturated heterocycles. The van der Waals surface area contributed by atoms with Gasteiger partial charge in [-0.3, -0.25) is 4.79 Å². The zero-order valence-electron chi connectivity index (χ0n) is 12.2. The third kappa shape index (κ3) is 3.11. The van der Waals surface area contributed by atoms with Crippen molar-refractivity contribution in [2.45, 2.75) is 25.9 Å². The van der Waals surface area contributed by atoms with Crippen LogP contribution in [0.4, 0.5) is 10.5 Å². The largest absolute Gasteiger partial charge is 0.467 e. The highest BCUT2D eigenvalue weighted by Gasteiger charge is 2.19. The van der Waals surface area contributed by atoms with Gasteiger partial charge in [0.15, 0.2) is 0 Å². The van der Waals surface area contributed by atoms with E-state index in [-0.39, 0.29) is 18.0 Å². The van der Waals surface area contributed by atoms with E-state index in [9.17, 15) is 9.59 Å². The minimum Gasteiger partial charge on any atom is -0.467 e. The van der Waals surface area contributed by atoms with Crippen LogP contribution in [-0.2, 0) is 17.8 Å². The van der Waals surface area contributed by atoms with E-state index in [0.29, 0.717) is 18.7 Å². The van der Waals surface area contributed by atoms with E-state index in [1.165, 1.54) is 0 Å². The smallest absolute Gasteiger partial charge is 0.315 e. The highest BCUT2D eigenvalue weighted by molar-refractivity contribution is 5.99. The summed E-state index contributed by atoms with van der Waals surface area (Å²) >= 11 is 0. The molecule has 0 spiro atoms. The summed E-state index contributed by atoms with van der Waals surface area (Å²) in [4.78, 5) is 23.2. The van der Waals surface area contributed by atoms with Crippen molar-refractivity contribution in [3.8, 4) is 0 Å². The summed E-state index contributed by atoms with van der Waals surface area (Å²) < 4.78 is 5.15. The Morgan fingerprint density at radius 2 is 2.27 bits per heavy atom. The maximum atomic E-state index is 11.9. The first kappa shape index (κ1) is 14.2. The van der Waals surface area contributed by atoms with Crippen LogP contribution in [-0.4, -0.2) is 11.9 Å². The van der Waals surface area contributed by atoms with E-state index in [1.54, 1.807) is 18.4 Å². The van der Waals surface area contributed by atoms with Gasteiger partial charge in [0, 0.05) is 5.69 Å². The first-order chi connectivity index (χ1) is 10.6. The van der Waals surface area contributed by atoms with Gasteiger partial charge in [0.2, 0.25) is 5.91 Å². The number of nitrogens with one attached hydrogen (secondary N) is 3. The molecule has 1 aromatic carbocycles. The summed E-state index contributed by atoms with van der Waals surface area (Å²) in [6.45, 7) is 2.24. The van der Waals surface area contributed by atoms with Gasteiger partial charge in [0.05, 0.1) is 25.3 Å². The average molecular weight is 299 g/mol. The molecule has 6 nitrogen and oxygen atoms in total. The van der Waals surface area contributed by atoms with E-state index in [0.717, 1.165) is 16.8 Å². The standard InChI is InChI=1S/C16H17N3O3/c1-10(18-16(21)17-9-13-3-2-6-22-13)11-4-5-14-12(7-11)8-15(20)19-14/h2-7,10H,8-9H2,1H3,(H,19,20)(H2,17,18,21). The number of rotatable bonds is 4. The van der Waals surface area contributed by atoms with Crippen molar-refractivity contribution < 1.29 is 14.0 Å². The fourth-order valence-corrected chi connectivity index (χ4v) is 2.43. The first-order valence-electron chi connectivity index (χ1n) is 7.11. The molecule has 3 N–H and O–H groups in total. The van der Waals surface area contributed by atoms with Crippen molar-refractivity contribution >= 4 is 17.6 Å². The number of benzene rings is 1. The van der Waals surface area contributed by atoms with Gasteiger partial charge in [-0.2, -0.15) is 0 Å². The first-order valence-corrected chi connectivity index (χ1v) is 7.11. The lowest BCUT2D eigenvalue weighted by atomic mass is 10.0. The molecule has 1 atom stereocenters. The predicted molar refractivity (Wildman–Crippen MR) is 81.3 cm³/mol. The van der Waals surface area contributed by atoms with Gasteiger partial charge < -0.3 is 20.4 Å². The van der Waals surface area contributed by atoms with Crippen molar-refractivity contribution in [2.75, 3.05) is 5.32 Å². The predicted octanol–water partition coefficient (Wildman–Crippen LogP) is 2.33. The van der Waals surface area contributed by atoms with E-state index in [4.69, 9.17) is 4.42 Å². The fourth-order valence-electron chi connectivity index (χ4n) is 2.43. The second-order valence-corrected chi connectivity index (χ2v) is 5.27. The van der Waals surface area contributed by atoms with Crippen LogP contribution < -0.4 is 16.0 Å². The molecule has 1 aliphatic rings. The molecular formula is C16H17N3O3. The summed E-state index contributed by atoms with van der Waals surface area (Å²) in [5.74, 6) is 0.703. The van der Waals surface area contributed by atoms with Crippen LogP contribution in [0.2, 0.25) is 0 Å². The van der Waals surface area contributed by atoms with Gasteiger partial charge in [-0.25, -0.2) is 4.79 Å². The minimum atomic E-state index is -0.265. The van der Waals surface area contributed by atoms with Crippen molar-refractivity contribution in [1.82, 2.24) is 10.6 Å². The fraction of sp³-hybridized carbons (Fsp3) is 0.250. The molecule has 0 radical (unpaired) electrons. The van der Waals surface area contributed by atoms with Gasteiger partial charge in [-0.1, -0.05) is 12.1 Å². The second kappa shape index (κ2) is 5.93. The molecule has 3 amide bonds. The molecular weight excluding hydrogens is 282 g/mol. The van der Waals surface area contributed by atoms with Crippen molar-refractivity contribution in [1.29, 1.82) is 0 Å². The number of fused-ring (bicyclic) bond motifs is 1. The lowest BCUT2D eigenvalue weighted by molar-refractivity contribution is -0.115. The van der Waals surface area contributed by atoms with E-state index in [1.807, 2.05) is 25.1 Å². The van der Waals surface area contributed by atoms with Crippen LogP contribution in [0, 0.1) is 0 Å². The third-order valence-electron chi connectivity index (χ3n) is 3.61. The molecule has 1 unspecified atom stereocenters. The van der Waals surface area contributed by atoms with Crippen LogP contribution >= 0.6 is 0 Å². The number of carbonyl (C=O) groups excluding carboxylic acids is 2. The quantitative estimate of drug-likeness (QED) is 0.810. The van der Waals surface area contributed by atoms with Crippen molar-refractivity contribution in [3.63, 3.8) is 0 Å². The summed E-state index contributed by atoms with van der Waals surface area (Å²) in [6.07, 6.45) is 1.96. The topological polar surface area (TPSA) is 83.4 Å². The SMILES string of the molecule is CC(NC(=O)NCc1ccco1)c1ccc2c(c1)CC(=O)N2. The summed E-state index contributed by atoms with van der Waals surface area (Å²) in [5.41, 5.74) is 2.78. The Morgan fingerprint density at radius 1 is 1.41 bits per heavy atom. The molecule has 0 saturated carbocycles. The Morgan fingerprint density at radius 3 is 3.05 bits per heavy atom. The second-order valence-electron chi connectivity index (χ2n) is 5.27. The van der Waals surface area contributed by atoms with Gasteiger partial charge >= 0.3 is 6.03 Å². The molecule has 22 heavy (non-hydrogen) atoms. The Labute approximate surface area is 127 Å². The van der Waals surface area contributed by atoms with Gasteiger partial charge in [-0.05, 0) is 36.2 Å². The van der Waals surface area contributed by atoms with Crippen molar-refractivity contribution in [3.05, 3.63) is 53.5 Å². The van der Waals surface area contributed by atoms with Crippen LogP contribution in [0.5, 0.6) is 0 Å². The van der Waals surface area contributed by atoms with Crippen LogP contribution in [0.25, 0.3) is 0 Å². The highest BCUT2D eigenvalue weighted by atomic mass is 16.3. The zero-order valence-corrected chi connectivity index (χ0v) is 12.2. The minimum absolute atomic E-state index is 0.00366. The molecule has 1 aliphatic heterocycles. The van der Waals surface area contributed by atoms with Crippen molar-refractivity contribution in [2.24, 2.45) is 0 Å².